The Morgan fingerprint density at radius 3 is 2.04 bits per heavy atom. The molecule has 0 radical (unpaired) electrons. The number of benzene rings is 1. The van der Waals surface area contributed by atoms with Crippen molar-refractivity contribution in [3.8, 4) is 0 Å². The Labute approximate surface area is 143 Å². The molecule has 0 amide bonds. The molecule has 1 aromatic carbocycles. The third-order valence-electron chi connectivity index (χ3n) is 6.30. The van der Waals surface area contributed by atoms with E-state index in [0.29, 0.717) is 18.2 Å². The van der Waals surface area contributed by atoms with E-state index in [9.17, 15) is 13.2 Å². The van der Waals surface area contributed by atoms with E-state index in [2.05, 4.69) is 0 Å². The third kappa shape index (κ3) is 4.23. The van der Waals surface area contributed by atoms with Crippen LogP contribution in [-0.2, 0) is 0 Å². The van der Waals surface area contributed by atoms with Crippen molar-refractivity contribution in [3.05, 3.63) is 47.8 Å². The molecular formula is C21H27F3. The van der Waals surface area contributed by atoms with Crippen molar-refractivity contribution in [2.24, 2.45) is 17.8 Å². The van der Waals surface area contributed by atoms with Crippen LogP contribution in [0.2, 0.25) is 0 Å². The van der Waals surface area contributed by atoms with Gasteiger partial charge in [0.1, 0.15) is 0 Å². The van der Waals surface area contributed by atoms with Crippen LogP contribution in [0.25, 0.3) is 0 Å². The number of hydrogen-bond acceptors (Lipinski definition) is 0. The van der Waals surface area contributed by atoms with Crippen LogP contribution in [0.3, 0.4) is 0 Å². The van der Waals surface area contributed by atoms with Gasteiger partial charge in [-0.2, -0.15) is 0 Å². The van der Waals surface area contributed by atoms with Crippen molar-refractivity contribution in [2.45, 2.75) is 63.7 Å². The maximum Gasteiger partial charge on any atom is 0.159 e. The van der Waals surface area contributed by atoms with Gasteiger partial charge in [0, 0.05) is 0 Å². The molecule has 0 heterocycles. The first-order chi connectivity index (χ1) is 11.7. The Morgan fingerprint density at radius 2 is 1.46 bits per heavy atom. The Morgan fingerprint density at radius 1 is 0.833 bits per heavy atom. The molecule has 3 heteroatoms. The fraction of sp³-hybridized carbons (Fsp3) is 0.619. The number of hydrogen-bond donors (Lipinski definition) is 0. The molecule has 0 N–H and O–H groups in total. The van der Waals surface area contributed by atoms with Gasteiger partial charge in [-0.05, 0) is 99.2 Å². The minimum atomic E-state index is -0.758. The summed E-state index contributed by atoms with van der Waals surface area (Å²) in [5, 5.41) is 0. The van der Waals surface area contributed by atoms with E-state index < -0.39 is 11.6 Å². The Kier molecular flexibility index (Phi) is 6.02. The molecular weight excluding hydrogens is 309 g/mol. The molecule has 0 nitrogen and oxygen atoms in total. The van der Waals surface area contributed by atoms with Crippen LogP contribution in [-0.4, -0.2) is 0 Å². The van der Waals surface area contributed by atoms with Gasteiger partial charge in [0.2, 0.25) is 0 Å². The summed E-state index contributed by atoms with van der Waals surface area (Å²) in [5.74, 6) is 1.14. The first-order valence-electron chi connectivity index (χ1n) is 9.37. The average Bonchev–Trinajstić information content (AvgIpc) is 2.63. The zero-order chi connectivity index (χ0) is 16.9. The van der Waals surface area contributed by atoms with Gasteiger partial charge in [-0.15, -0.1) is 0 Å². The highest BCUT2D eigenvalue weighted by atomic mass is 19.2. The minimum absolute atomic E-state index is 0.377. The fourth-order valence-corrected chi connectivity index (χ4v) is 4.83. The minimum Gasteiger partial charge on any atom is -0.216 e. The molecule has 2 aliphatic carbocycles. The Bertz CT molecular complexity index is 550. The second kappa shape index (κ2) is 8.22. The standard InChI is InChI=1S/C21H27F3/c22-13-1-2-15-3-5-16(6-4-15)17-7-9-18(10-8-17)19-11-12-20(23)21(24)14-19/h1,11-18H,2-10H2/t15-,16-,17-,18-. The number of allylic oxidation sites excluding steroid dienone is 1. The smallest absolute Gasteiger partial charge is 0.159 e. The van der Waals surface area contributed by atoms with Crippen molar-refractivity contribution in [3.63, 3.8) is 0 Å². The molecule has 2 aliphatic rings. The van der Waals surface area contributed by atoms with Crippen molar-refractivity contribution < 1.29 is 13.2 Å². The second-order valence-corrected chi connectivity index (χ2v) is 7.66. The lowest BCUT2D eigenvalue weighted by Crippen LogP contribution is -2.25. The van der Waals surface area contributed by atoms with Crippen LogP contribution in [0.1, 0.15) is 69.3 Å². The van der Waals surface area contributed by atoms with E-state index in [0.717, 1.165) is 36.7 Å². The molecule has 1 aromatic rings. The lowest BCUT2D eigenvalue weighted by molar-refractivity contribution is 0.160. The highest BCUT2D eigenvalue weighted by molar-refractivity contribution is 5.22. The molecule has 0 aliphatic heterocycles. The zero-order valence-electron chi connectivity index (χ0n) is 14.2. The molecule has 132 valence electrons. The van der Waals surface area contributed by atoms with Crippen LogP contribution >= 0.6 is 0 Å². The molecule has 0 aromatic heterocycles. The van der Waals surface area contributed by atoms with Crippen molar-refractivity contribution in [1.82, 2.24) is 0 Å². The topological polar surface area (TPSA) is 0 Å². The lowest BCUT2D eigenvalue weighted by atomic mass is 9.68. The Hall–Kier alpha value is -1.25. The van der Waals surface area contributed by atoms with Crippen LogP contribution in [0.5, 0.6) is 0 Å². The van der Waals surface area contributed by atoms with Gasteiger partial charge in [0.25, 0.3) is 0 Å². The zero-order valence-corrected chi connectivity index (χ0v) is 14.2. The molecule has 0 bridgehead atoms. The van der Waals surface area contributed by atoms with Gasteiger partial charge in [0.15, 0.2) is 11.6 Å². The maximum atomic E-state index is 13.4. The second-order valence-electron chi connectivity index (χ2n) is 7.66. The highest BCUT2D eigenvalue weighted by Crippen LogP contribution is 2.44. The summed E-state index contributed by atoms with van der Waals surface area (Å²) in [5.41, 5.74) is 0.953. The summed E-state index contributed by atoms with van der Waals surface area (Å²) in [6.45, 7) is 0. The summed E-state index contributed by atoms with van der Waals surface area (Å²) in [6.07, 6.45) is 12.7. The third-order valence-corrected chi connectivity index (χ3v) is 6.30. The quantitative estimate of drug-likeness (QED) is 0.560. The SMILES string of the molecule is FC=CC[C@H]1CC[C@H]([C@H]2CC[C@H](c3ccc(F)c(F)c3)CC2)CC1. The monoisotopic (exact) mass is 336 g/mol. The van der Waals surface area contributed by atoms with Crippen molar-refractivity contribution >= 4 is 0 Å². The van der Waals surface area contributed by atoms with Gasteiger partial charge in [0.05, 0.1) is 6.33 Å². The normalized spacial score (nSPS) is 31.5. The molecule has 3 rings (SSSR count). The van der Waals surface area contributed by atoms with E-state index >= 15 is 0 Å². The molecule has 0 saturated heterocycles. The lowest BCUT2D eigenvalue weighted by Gasteiger charge is -2.38. The van der Waals surface area contributed by atoms with E-state index in [-0.39, 0.29) is 0 Å². The van der Waals surface area contributed by atoms with Gasteiger partial charge in [-0.3, -0.25) is 0 Å². The van der Waals surface area contributed by atoms with E-state index in [1.807, 2.05) is 0 Å². The van der Waals surface area contributed by atoms with Crippen LogP contribution in [0.15, 0.2) is 30.6 Å². The molecule has 2 saturated carbocycles. The largest absolute Gasteiger partial charge is 0.216 e. The predicted molar refractivity (Wildman–Crippen MR) is 91.4 cm³/mol. The fourth-order valence-electron chi connectivity index (χ4n) is 4.83. The van der Waals surface area contributed by atoms with Crippen LogP contribution < -0.4 is 0 Å². The predicted octanol–water partition coefficient (Wildman–Crippen LogP) is 6.92. The number of rotatable bonds is 4. The van der Waals surface area contributed by atoms with E-state index in [1.165, 1.54) is 50.7 Å². The highest BCUT2D eigenvalue weighted by Gasteiger charge is 2.31. The first kappa shape index (κ1) is 17.6. The van der Waals surface area contributed by atoms with Crippen molar-refractivity contribution in [2.75, 3.05) is 0 Å². The van der Waals surface area contributed by atoms with Crippen molar-refractivity contribution in [1.29, 1.82) is 0 Å². The maximum absolute atomic E-state index is 13.4. The molecule has 0 unspecified atom stereocenters. The molecule has 0 atom stereocenters. The average molecular weight is 336 g/mol. The van der Waals surface area contributed by atoms with Gasteiger partial charge >= 0.3 is 0 Å². The van der Waals surface area contributed by atoms with Crippen LogP contribution in [0, 0.1) is 29.4 Å². The Balaban J connectivity index is 1.48. The molecule has 24 heavy (non-hydrogen) atoms. The van der Waals surface area contributed by atoms with Gasteiger partial charge in [-0.25, -0.2) is 13.2 Å². The summed E-state index contributed by atoms with van der Waals surface area (Å²) >= 11 is 0. The summed E-state index contributed by atoms with van der Waals surface area (Å²) < 4.78 is 38.6. The number of halogens is 3. The summed E-state index contributed by atoms with van der Waals surface area (Å²) in [6, 6.07) is 4.38. The molecule has 2 fully saturated rings. The van der Waals surface area contributed by atoms with E-state index in [4.69, 9.17) is 0 Å². The summed E-state index contributed by atoms with van der Waals surface area (Å²) in [7, 11) is 0. The summed E-state index contributed by atoms with van der Waals surface area (Å²) in [4.78, 5) is 0. The van der Waals surface area contributed by atoms with E-state index in [1.54, 1.807) is 12.1 Å². The van der Waals surface area contributed by atoms with Gasteiger partial charge < -0.3 is 0 Å². The van der Waals surface area contributed by atoms with Gasteiger partial charge in [-0.1, -0.05) is 12.1 Å². The first-order valence-corrected chi connectivity index (χ1v) is 9.37. The molecule has 0 spiro atoms. The van der Waals surface area contributed by atoms with Crippen LogP contribution in [0.4, 0.5) is 13.2 Å².